The summed E-state index contributed by atoms with van der Waals surface area (Å²) < 4.78 is 0. The van der Waals surface area contributed by atoms with Gasteiger partial charge in [0, 0.05) is 25.8 Å². The van der Waals surface area contributed by atoms with Crippen molar-refractivity contribution in [3.05, 3.63) is 41.7 Å². The number of carbonyl (C=O) groups is 2. The Hall–Kier alpha value is -3.40. The molecule has 10 heteroatoms. The Bertz CT molecular complexity index is 1240. The molecule has 0 radical (unpaired) electrons. The molecule has 6 rings (SSSR count). The third-order valence-electron chi connectivity index (χ3n) is 9.73. The molecule has 1 aromatic heterocycles. The average molecular weight is 547 g/mol. The quantitative estimate of drug-likeness (QED) is 0.506. The van der Waals surface area contributed by atoms with Gasteiger partial charge in [0.05, 0.1) is 24.3 Å². The number of urea groups is 1. The summed E-state index contributed by atoms with van der Waals surface area (Å²) in [6, 6.07) is 9.30. The lowest BCUT2D eigenvalue weighted by molar-refractivity contribution is 0.0996. The lowest BCUT2D eigenvalue weighted by Gasteiger charge is -2.41. The van der Waals surface area contributed by atoms with Crippen LogP contribution in [0, 0.1) is 0 Å². The van der Waals surface area contributed by atoms with Crippen molar-refractivity contribution in [2.75, 3.05) is 43.4 Å². The van der Waals surface area contributed by atoms with Crippen molar-refractivity contribution in [1.82, 2.24) is 25.1 Å². The van der Waals surface area contributed by atoms with Crippen LogP contribution in [0.2, 0.25) is 0 Å². The minimum absolute atomic E-state index is 0.119. The number of carbonyl (C=O) groups excluding carboxylic acids is 2. The van der Waals surface area contributed by atoms with Crippen molar-refractivity contribution in [1.29, 1.82) is 0 Å². The molecule has 0 bridgehead atoms. The van der Waals surface area contributed by atoms with E-state index in [-0.39, 0.29) is 23.2 Å². The van der Waals surface area contributed by atoms with Gasteiger partial charge in [-0.2, -0.15) is 0 Å². The molecule has 1 aromatic carbocycles. The van der Waals surface area contributed by atoms with Crippen molar-refractivity contribution in [3.8, 4) is 0 Å². The van der Waals surface area contributed by atoms with Gasteiger partial charge in [0.15, 0.2) is 11.5 Å². The van der Waals surface area contributed by atoms with E-state index in [0.717, 1.165) is 63.8 Å². The van der Waals surface area contributed by atoms with Gasteiger partial charge in [-0.25, -0.2) is 14.8 Å². The van der Waals surface area contributed by atoms with Crippen LogP contribution in [-0.2, 0) is 5.41 Å². The number of rotatable bonds is 6. The molecule has 214 valence electrons. The molecule has 2 aromatic rings. The molecule has 10 nitrogen and oxygen atoms in total. The predicted molar refractivity (Wildman–Crippen MR) is 156 cm³/mol. The summed E-state index contributed by atoms with van der Waals surface area (Å²) in [4.78, 5) is 41.1. The number of benzene rings is 1. The van der Waals surface area contributed by atoms with E-state index in [1.807, 2.05) is 24.1 Å². The van der Waals surface area contributed by atoms with E-state index in [0.29, 0.717) is 30.3 Å². The van der Waals surface area contributed by atoms with Gasteiger partial charge < -0.3 is 31.1 Å². The first-order valence-corrected chi connectivity index (χ1v) is 14.9. The molecular formula is C30H42N8O2. The molecule has 3 atom stereocenters. The van der Waals surface area contributed by atoms with Crippen molar-refractivity contribution in [2.24, 2.45) is 5.73 Å². The molecule has 3 unspecified atom stereocenters. The van der Waals surface area contributed by atoms with E-state index in [1.165, 1.54) is 18.4 Å². The number of primary amides is 1. The van der Waals surface area contributed by atoms with Crippen LogP contribution in [0.15, 0.2) is 30.5 Å². The summed E-state index contributed by atoms with van der Waals surface area (Å²) in [6.45, 7) is 5.91. The van der Waals surface area contributed by atoms with Crippen LogP contribution in [0.3, 0.4) is 0 Å². The number of fused-ring (bicyclic) bond motifs is 1. The zero-order chi connectivity index (χ0) is 27.9. The second-order valence-corrected chi connectivity index (χ2v) is 12.3. The Balaban J connectivity index is 1.21. The fraction of sp³-hybridized carbons (Fsp3) is 0.600. The van der Waals surface area contributed by atoms with Crippen molar-refractivity contribution < 1.29 is 9.59 Å². The van der Waals surface area contributed by atoms with E-state index in [9.17, 15) is 9.59 Å². The zero-order valence-electron chi connectivity index (χ0n) is 23.7. The summed E-state index contributed by atoms with van der Waals surface area (Å²) in [5, 5.41) is 6.75. The topological polar surface area (TPSA) is 120 Å². The standard InChI is InChI=1S/C30H42N8O2/c1-30(13-15-32-16-14-30)20-9-11-21(12-10-20)34-28-26(27(31)39)33-18-25(35-28)37-17-5-6-22(19-37)38-24-8-4-3-7-23(24)36(2)29(38)40/h9-12,18,22-24,32H,3-8,13-17,19H2,1-2H3,(H2,31,39)(H,34,35). The average Bonchev–Trinajstić information content (AvgIpc) is 3.23. The van der Waals surface area contributed by atoms with Gasteiger partial charge in [-0.15, -0.1) is 0 Å². The van der Waals surface area contributed by atoms with Crippen LogP contribution in [0.4, 0.5) is 22.1 Å². The summed E-state index contributed by atoms with van der Waals surface area (Å²) in [5.74, 6) is 0.430. The fourth-order valence-corrected chi connectivity index (χ4v) is 7.31. The molecule has 1 aliphatic carbocycles. The van der Waals surface area contributed by atoms with Gasteiger partial charge >= 0.3 is 6.03 Å². The lowest BCUT2D eigenvalue weighted by atomic mass is 9.75. The van der Waals surface area contributed by atoms with Crippen molar-refractivity contribution >= 4 is 29.3 Å². The predicted octanol–water partition coefficient (Wildman–Crippen LogP) is 3.61. The number of hydrogen-bond donors (Lipinski definition) is 3. The van der Waals surface area contributed by atoms with Gasteiger partial charge in [0.1, 0.15) is 5.82 Å². The highest BCUT2D eigenvalue weighted by atomic mass is 16.2. The number of likely N-dealkylation sites (N-methyl/N-ethyl adjacent to an activating group) is 1. The minimum atomic E-state index is -0.619. The Morgan fingerprint density at radius 3 is 2.52 bits per heavy atom. The molecule has 4 aliphatic rings. The van der Waals surface area contributed by atoms with Gasteiger partial charge in [-0.05, 0) is 74.7 Å². The number of nitrogens with zero attached hydrogens (tertiary/aromatic N) is 5. The molecule has 4 heterocycles. The fourth-order valence-electron chi connectivity index (χ4n) is 7.31. The van der Waals surface area contributed by atoms with Crippen molar-refractivity contribution in [2.45, 2.75) is 81.8 Å². The molecule has 4 fully saturated rings. The smallest absolute Gasteiger partial charge is 0.320 e. The summed E-state index contributed by atoms with van der Waals surface area (Å²) >= 11 is 0. The molecule has 3 amide bonds. The monoisotopic (exact) mass is 546 g/mol. The van der Waals surface area contributed by atoms with E-state index >= 15 is 0 Å². The molecule has 0 spiro atoms. The van der Waals surface area contributed by atoms with Crippen LogP contribution in [0.5, 0.6) is 0 Å². The van der Waals surface area contributed by atoms with E-state index in [2.05, 4.69) is 44.5 Å². The highest BCUT2D eigenvalue weighted by Gasteiger charge is 2.48. The number of nitrogens with one attached hydrogen (secondary N) is 2. The maximum atomic E-state index is 13.3. The van der Waals surface area contributed by atoms with Gasteiger partial charge in [0.25, 0.3) is 5.91 Å². The second-order valence-electron chi connectivity index (χ2n) is 12.3. The minimum Gasteiger partial charge on any atom is -0.364 e. The molecule has 40 heavy (non-hydrogen) atoms. The zero-order valence-corrected chi connectivity index (χ0v) is 23.7. The molecular weight excluding hydrogens is 504 g/mol. The van der Waals surface area contributed by atoms with Crippen LogP contribution in [0.25, 0.3) is 0 Å². The summed E-state index contributed by atoms with van der Waals surface area (Å²) in [5.41, 5.74) is 8.11. The van der Waals surface area contributed by atoms with Crippen LogP contribution in [-0.4, -0.2) is 83.1 Å². The largest absolute Gasteiger partial charge is 0.364 e. The number of anilines is 3. The SMILES string of the molecule is CN1C(=O)N(C2CCCN(c3cnc(C(N)=O)c(Nc4ccc(C5(C)CCNCC5)cc4)n3)C2)C2CCCCC21. The van der Waals surface area contributed by atoms with Crippen LogP contribution in [0.1, 0.15) is 74.3 Å². The first-order chi connectivity index (χ1) is 19.3. The Kier molecular flexibility index (Phi) is 7.29. The van der Waals surface area contributed by atoms with Gasteiger partial charge in [-0.1, -0.05) is 31.9 Å². The molecule has 3 saturated heterocycles. The normalized spacial score (nSPS) is 26.5. The van der Waals surface area contributed by atoms with E-state index in [4.69, 9.17) is 10.7 Å². The molecule has 3 aliphatic heterocycles. The number of piperidine rings is 2. The van der Waals surface area contributed by atoms with E-state index in [1.54, 1.807) is 6.20 Å². The highest BCUT2D eigenvalue weighted by Crippen LogP contribution is 2.37. The lowest BCUT2D eigenvalue weighted by Crippen LogP contribution is -2.52. The Morgan fingerprint density at radius 2 is 1.80 bits per heavy atom. The number of aromatic nitrogens is 2. The third kappa shape index (κ3) is 4.98. The number of nitrogens with two attached hydrogens (primary N) is 1. The van der Waals surface area contributed by atoms with E-state index < -0.39 is 5.91 Å². The maximum absolute atomic E-state index is 13.3. The first-order valence-electron chi connectivity index (χ1n) is 14.9. The van der Waals surface area contributed by atoms with Gasteiger partial charge in [-0.3, -0.25) is 4.79 Å². The van der Waals surface area contributed by atoms with Crippen molar-refractivity contribution in [3.63, 3.8) is 0 Å². The molecule has 1 saturated carbocycles. The van der Waals surface area contributed by atoms with Crippen LogP contribution < -0.4 is 21.3 Å². The van der Waals surface area contributed by atoms with Crippen LogP contribution >= 0.6 is 0 Å². The van der Waals surface area contributed by atoms with Gasteiger partial charge in [0.2, 0.25) is 0 Å². The number of amides is 3. The maximum Gasteiger partial charge on any atom is 0.320 e. The third-order valence-corrected chi connectivity index (χ3v) is 9.73. The summed E-state index contributed by atoms with van der Waals surface area (Å²) in [7, 11) is 1.96. The Morgan fingerprint density at radius 1 is 1.07 bits per heavy atom. The number of hydrogen-bond acceptors (Lipinski definition) is 7. The highest BCUT2D eigenvalue weighted by molar-refractivity contribution is 5.96. The molecule has 4 N–H and O–H groups in total. The Labute approximate surface area is 236 Å². The first kappa shape index (κ1) is 26.8. The second kappa shape index (κ2) is 10.9. The summed E-state index contributed by atoms with van der Waals surface area (Å²) in [6.07, 6.45) is 10.3.